The molecule has 0 aliphatic heterocycles. The number of nitrogens with zero attached hydrogens (tertiary/aromatic N) is 3. The molecule has 0 saturated carbocycles. The monoisotopic (exact) mass is 287 g/mol. The second-order valence-corrected chi connectivity index (χ2v) is 5.45. The highest BCUT2D eigenvalue weighted by molar-refractivity contribution is 5.47. The van der Waals surface area contributed by atoms with E-state index >= 15 is 0 Å². The second kappa shape index (κ2) is 7.24. The number of hydrazine groups is 1. The zero-order chi connectivity index (χ0) is 15.2. The summed E-state index contributed by atoms with van der Waals surface area (Å²) in [5.74, 6) is 6.84. The fraction of sp³-hybridized carbons (Fsp3) is 0.438. The minimum atomic E-state index is 0.0582. The minimum absolute atomic E-state index is 0.0582. The highest BCUT2D eigenvalue weighted by atomic mass is 15.2. The van der Waals surface area contributed by atoms with Crippen LogP contribution < -0.4 is 16.2 Å². The molecule has 0 aliphatic carbocycles. The van der Waals surface area contributed by atoms with Crippen LogP contribution in [0.5, 0.6) is 0 Å². The first-order valence-electron chi connectivity index (χ1n) is 7.39. The minimum Gasteiger partial charge on any atom is -0.378 e. The average Bonchev–Trinajstić information content (AvgIpc) is 2.92. The molecule has 2 rings (SSSR count). The van der Waals surface area contributed by atoms with Crippen molar-refractivity contribution in [3.63, 3.8) is 0 Å². The van der Waals surface area contributed by atoms with Crippen molar-refractivity contribution in [3.05, 3.63) is 48.0 Å². The van der Waals surface area contributed by atoms with Crippen LogP contribution in [-0.2, 0) is 13.0 Å². The van der Waals surface area contributed by atoms with Gasteiger partial charge < -0.3 is 9.47 Å². The summed E-state index contributed by atoms with van der Waals surface area (Å²) < 4.78 is 2.19. The Morgan fingerprint density at radius 2 is 2.19 bits per heavy atom. The normalized spacial score (nSPS) is 12.4. The maximum absolute atomic E-state index is 5.77. The fourth-order valence-electron chi connectivity index (χ4n) is 2.45. The lowest BCUT2D eigenvalue weighted by molar-refractivity contribution is 0.517. The van der Waals surface area contributed by atoms with Gasteiger partial charge in [0.2, 0.25) is 0 Å². The van der Waals surface area contributed by atoms with Gasteiger partial charge in [-0.25, -0.2) is 4.98 Å². The standard InChI is InChI=1S/C16H25N5/c1-4-9-21-10-8-18-16(21)12-15(19-17)13-6-5-7-14(11-13)20(2)3/h5-8,10-11,15,19H,4,9,12,17H2,1-3H3. The van der Waals surface area contributed by atoms with E-state index in [0.717, 1.165) is 25.2 Å². The van der Waals surface area contributed by atoms with Crippen LogP contribution in [0.2, 0.25) is 0 Å². The summed E-state index contributed by atoms with van der Waals surface area (Å²) in [6.07, 6.45) is 5.76. The van der Waals surface area contributed by atoms with Crippen molar-refractivity contribution in [1.82, 2.24) is 15.0 Å². The fourth-order valence-corrected chi connectivity index (χ4v) is 2.45. The van der Waals surface area contributed by atoms with Crippen LogP contribution in [0.25, 0.3) is 0 Å². The summed E-state index contributed by atoms with van der Waals surface area (Å²) in [5.41, 5.74) is 5.27. The number of hydrogen-bond acceptors (Lipinski definition) is 4. The van der Waals surface area contributed by atoms with Crippen LogP contribution in [0.4, 0.5) is 5.69 Å². The van der Waals surface area contributed by atoms with Crippen molar-refractivity contribution < 1.29 is 0 Å². The van der Waals surface area contributed by atoms with Crippen molar-refractivity contribution in [2.24, 2.45) is 5.84 Å². The maximum atomic E-state index is 5.77. The highest BCUT2D eigenvalue weighted by Gasteiger charge is 2.14. The van der Waals surface area contributed by atoms with Gasteiger partial charge in [-0.3, -0.25) is 11.3 Å². The lowest BCUT2D eigenvalue weighted by atomic mass is 10.0. The molecule has 5 nitrogen and oxygen atoms in total. The van der Waals surface area contributed by atoms with Gasteiger partial charge in [0.25, 0.3) is 0 Å². The first-order chi connectivity index (χ1) is 10.2. The van der Waals surface area contributed by atoms with Crippen LogP contribution in [0, 0.1) is 0 Å². The van der Waals surface area contributed by atoms with Crippen molar-refractivity contribution in [2.75, 3.05) is 19.0 Å². The van der Waals surface area contributed by atoms with Crippen LogP contribution >= 0.6 is 0 Å². The van der Waals surface area contributed by atoms with Crippen molar-refractivity contribution in [2.45, 2.75) is 32.4 Å². The van der Waals surface area contributed by atoms with Crippen LogP contribution in [-0.4, -0.2) is 23.6 Å². The highest BCUT2D eigenvalue weighted by Crippen LogP contribution is 2.21. The molecular formula is C16H25N5. The van der Waals surface area contributed by atoms with E-state index in [0.29, 0.717) is 0 Å². The lowest BCUT2D eigenvalue weighted by Crippen LogP contribution is -2.30. The van der Waals surface area contributed by atoms with Gasteiger partial charge in [-0.05, 0) is 24.1 Å². The van der Waals surface area contributed by atoms with Gasteiger partial charge in [-0.2, -0.15) is 0 Å². The second-order valence-electron chi connectivity index (χ2n) is 5.45. The molecule has 1 atom stereocenters. The number of aromatic nitrogens is 2. The number of anilines is 1. The third-order valence-corrected chi connectivity index (χ3v) is 3.64. The molecule has 0 amide bonds. The smallest absolute Gasteiger partial charge is 0.110 e. The number of hydrogen-bond donors (Lipinski definition) is 2. The lowest BCUT2D eigenvalue weighted by Gasteiger charge is -2.20. The third-order valence-electron chi connectivity index (χ3n) is 3.64. The molecule has 3 N–H and O–H groups in total. The van der Waals surface area contributed by atoms with E-state index in [1.165, 1.54) is 11.3 Å². The summed E-state index contributed by atoms with van der Waals surface area (Å²) in [4.78, 5) is 6.55. The van der Waals surface area contributed by atoms with E-state index < -0.39 is 0 Å². The van der Waals surface area contributed by atoms with Gasteiger partial charge in [0, 0.05) is 45.1 Å². The Balaban J connectivity index is 2.19. The molecular weight excluding hydrogens is 262 g/mol. The molecule has 0 spiro atoms. The molecule has 1 aromatic heterocycles. The van der Waals surface area contributed by atoms with E-state index in [2.05, 4.69) is 51.1 Å². The molecule has 1 heterocycles. The molecule has 0 aliphatic rings. The van der Waals surface area contributed by atoms with Crippen molar-refractivity contribution in [3.8, 4) is 0 Å². The first-order valence-corrected chi connectivity index (χ1v) is 7.39. The Kier molecular flexibility index (Phi) is 5.36. The van der Waals surface area contributed by atoms with Crippen molar-refractivity contribution >= 4 is 5.69 Å². The van der Waals surface area contributed by atoms with E-state index in [-0.39, 0.29) is 6.04 Å². The molecule has 1 unspecified atom stereocenters. The quantitative estimate of drug-likeness (QED) is 0.605. The zero-order valence-electron chi connectivity index (χ0n) is 13.1. The van der Waals surface area contributed by atoms with E-state index in [1.54, 1.807) is 0 Å². The Morgan fingerprint density at radius 3 is 2.86 bits per heavy atom. The number of rotatable bonds is 7. The van der Waals surface area contributed by atoms with Gasteiger partial charge in [0.05, 0.1) is 6.04 Å². The predicted molar refractivity (Wildman–Crippen MR) is 87.1 cm³/mol. The summed E-state index contributed by atoms with van der Waals surface area (Å²) in [7, 11) is 4.08. The molecule has 21 heavy (non-hydrogen) atoms. The van der Waals surface area contributed by atoms with Crippen molar-refractivity contribution in [1.29, 1.82) is 0 Å². The van der Waals surface area contributed by atoms with Gasteiger partial charge in [-0.1, -0.05) is 19.1 Å². The number of nitrogens with one attached hydrogen (secondary N) is 1. The predicted octanol–water partition coefficient (Wildman–Crippen LogP) is 2.11. The van der Waals surface area contributed by atoms with Crippen LogP contribution in [0.1, 0.15) is 30.8 Å². The summed E-state index contributed by atoms with van der Waals surface area (Å²) in [5, 5.41) is 0. The Labute approximate surface area is 126 Å². The van der Waals surface area contributed by atoms with Crippen LogP contribution in [0.15, 0.2) is 36.7 Å². The molecule has 1 aromatic carbocycles. The topological polar surface area (TPSA) is 59.1 Å². The SMILES string of the molecule is CCCn1ccnc1CC(NN)c1cccc(N(C)C)c1. The van der Waals surface area contributed by atoms with E-state index in [9.17, 15) is 0 Å². The number of benzene rings is 1. The van der Waals surface area contributed by atoms with Crippen LogP contribution in [0.3, 0.4) is 0 Å². The molecule has 114 valence electrons. The Hall–Kier alpha value is -1.85. The molecule has 0 fully saturated rings. The van der Waals surface area contributed by atoms with Gasteiger partial charge in [0.1, 0.15) is 5.82 Å². The molecule has 2 aromatic rings. The molecule has 0 radical (unpaired) electrons. The maximum Gasteiger partial charge on any atom is 0.110 e. The zero-order valence-corrected chi connectivity index (χ0v) is 13.1. The average molecular weight is 287 g/mol. The number of aryl methyl sites for hydroxylation is 1. The third kappa shape index (κ3) is 3.83. The molecule has 0 bridgehead atoms. The van der Waals surface area contributed by atoms with E-state index in [4.69, 9.17) is 5.84 Å². The number of imidazole rings is 1. The number of nitrogens with two attached hydrogens (primary N) is 1. The molecule has 5 heteroatoms. The Bertz CT molecular complexity index is 561. The van der Waals surface area contributed by atoms with Gasteiger partial charge in [0.15, 0.2) is 0 Å². The first kappa shape index (κ1) is 15.5. The molecule has 0 saturated heterocycles. The van der Waals surface area contributed by atoms with Gasteiger partial charge in [-0.15, -0.1) is 0 Å². The summed E-state index contributed by atoms with van der Waals surface area (Å²) >= 11 is 0. The summed E-state index contributed by atoms with van der Waals surface area (Å²) in [6.45, 7) is 3.16. The Morgan fingerprint density at radius 1 is 1.38 bits per heavy atom. The van der Waals surface area contributed by atoms with E-state index in [1.807, 2.05) is 26.5 Å². The summed E-state index contributed by atoms with van der Waals surface area (Å²) in [6, 6.07) is 8.48. The largest absolute Gasteiger partial charge is 0.378 e. The van der Waals surface area contributed by atoms with Gasteiger partial charge >= 0.3 is 0 Å².